The van der Waals surface area contributed by atoms with E-state index in [4.69, 9.17) is 0 Å². The largest absolute Gasteiger partial charge is 0.419 e. The van der Waals surface area contributed by atoms with Gasteiger partial charge in [-0.05, 0) is 43.1 Å². The molecule has 1 N–H and O–H groups in total. The highest BCUT2D eigenvalue weighted by atomic mass is 35.5. The van der Waals surface area contributed by atoms with Crippen LogP contribution in [0, 0.1) is 17.7 Å². The zero-order valence-electron chi connectivity index (χ0n) is 11.8. The lowest BCUT2D eigenvalue weighted by atomic mass is 10.0. The second kappa shape index (κ2) is 6.19. The number of hydrogen-bond acceptors (Lipinski definition) is 3. The van der Waals surface area contributed by atoms with Crippen LogP contribution in [0.5, 0.6) is 0 Å². The Kier molecular flexibility index (Phi) is 4.97. The monoisotopic (exact) mass is 374 g/mol. The first kappa shape index (κ1) is 18.4. The van der Waals surface area contributed by atoms with Gasteiger partial charge in [0.15, 0.2) is 0 Å². The molecule has 2 fully saturated rings. The number of hydrogen-bond donors (Lipinski definition) is 1. The Morgan fingerprint density at radius 2 is 1.70 bits per heavy atom. The molecule has 0 saturated carbocycles. The minimum Gasteiger partial charge on any atom is -0.316 e. The predicted molar refractivity (Wildman–Crippen MR) is 77.3 cm³/mol. The normalized spacial score (nSPS) is 25.2. The summed E-state index contributed by atoms with van der Waals surface area (Å²) in [5, 5.41) is 3.15. The van der Waals surface area contributed by atoms with Crippen LogP contribution in [0.3, 0.4) is 0 Å². The quantitative estimate of drug-likeness (QED) is 0.807. The summed E-state index contributed by atoms with van der Waals surface area (Å²) in [6, 6.07) is 1.80. The number of nitrogens with zero attached hydrogens (tertiary/aromatic N) is 1. The Morgan fingerprint density at radius 1 is 1.13 bits per heavy atom. The van der Waals surface area contributed by atoms with Crippen molar-refractivity contribution < 1.29 is 26.0 Å². The van der Waals surface area contributed by atoms with E-state index in [2.05, 4.69) is 5.32 Å². The molecule has 0 aliphatic carbocycles. The molecule has 2 aliphatic rings. The van der Waals surface area contributed by atoms with Gasteiger partial charge in [0.05, 0.1) is 10.5 Å². The van der Waals surface area contributed by atoms with Gasteiger partial charge in [-0.15, -0.1) is 12.4 Å². The summed E-state index contributed by atoms with van der Waals surface area (Å²) in [6.07, 6.45) is -4.93. The molecule has 0 amide bonds. The van der Waals surface area contributed by atoms with Gasteiger partial charge in [-0.1, -0.05) is 0 Å². The summed E-state index contributed by atoms with van der Waals surface area (Å²) in [7, 11) is -4.04. The fraction of sp³-hybridized carbons (Fsp3) is 0.538. The molecule has 2 aliphatic heterocycles. The molecule has 23 heavy (non-hydrogen) atoms. The molecular formula is C13H15ClF4N2O2S. The van der Waals surface area contributed by atoms with Crippen LogP contribution < -0.4 is 5.32 Å². The molecule has 2 saturated heterocycles. The van der Waals surface area contributed by atoms with E-state index in [1.165, 1.54) is 4.31 Å². The molecule has 0 unspecified atom stereocenters. The van der Waals surface area contributed by atoms with Crippen LogP contribution in [-0.2, 0) is 16.2 Å². The zero-order chi connectivity index (χ0) is 16.1. The van der Waals surface area contributed by atoms with E-state index in [1.807, 2.05) is 0 Å². The molecule has 1 aromatic carbocycles. The lowest BCUT2D eigenvalue weighted by Crippen LogP contribution is -2.32. The van der Waals surface area contributed by atoms with Crippen molar-refractivity contribution in [2.75, 3.05) is 26.2 Å². The summed E-state index contributed by atoms with van der Waals surface area (Å²) in [5.41, 5.74) is -1.56. The molecule has 4 nitrogen and oxygen atoms in total. The summed E-state index contributed by atoms with van der Waals surface area (Å²) in [4.78, 5) is -0.519. The highest BCUT2D eigenvalue weighted by Gasteiger charge is 2.42. The first-order valence-corrected chi connectivity index (χ1v) is 8.21. The van der Waals surface area contributed by atoms with Gasteiger partial charge in [0.2, 0.25) is 10.0 Å². The molecule has 0 spiro atoms. The van der Waals surface area contributed by atoms with Crippen molar-refractivity contribution in [1.82, 2.24) is 9.62 Å². The third-order valence-corrected chi connectivity index (χ3v) is 6.06. The van der Waals surface area contributed by atoms with Crippen LogP contribution in [0.2, 0.25) is 0 Å². The Balaban J connectivity index is 0.00000192. The number of sulfonamides is 1. The van der Waals surface area contributed by atoms with Crippen molar-refractivity contribution in [3.8, 4) is 0 Å². The second-order valence-corrected chi connectivity index (χ2v) is 7.58. The topological polar surface area (TPSA) is 49.4 Å². The van der Waals surface area contributed by atoms with E-state index >= 15 is 0 Å². The highest BCUT2D eigenvalue weighted by Crippen LogP contribution is 2.35. The average molecular weight is 375 g/mol. The standard InChI is InChI=1S/C13H14F4N2O2S.ClH/c14-12-2-1-10(3-11(12)13(15,16)17)22(20,21)19-6-8-4-18-5-9(8)7-19;/h1-3,8-9,18H,4-7H2;1H/t8-,9+;. The summed E-state index contributed by atoms with van der Waals surface area (Å²) < 4.78 is 77.6. The highest BCUT2D eigenvalue weighted by molar-refractivity contribution is 7.89. The van der Waals surface area contributed by atoms with Crippen molar-refractivity contribution in [2.45, 2.75) is 11.1 Å². The van der Waals surface area contributed by atoms with Crippen molar-refractivity contribution >= 4 is 22.4 Å². The minimum absolute atomic E-state index is 0. The number of fused-ring (bicyclic) bond motifs is 1. The fourth-order valence-corrected chi connectivity index (χ4v) is 4.62. The SMILES string of the molecule is Cl.O=S(=O)(c1ccc(F)c(C(F)(F)F)c1)N1C[C@H]2CNC[C@H]2C1. The third kappa shape index (κ3) is 3.33. The van der Waals surface area contributed by atoms with Gasteiger partial charge in [0.1, 0.15) is 5.82 Å². The van der Waals surface area contributed by atoms with Crippen molar-refractivity contribution in [3.05, 3.63) is 29.6 Å². The van der Waals surface area contributed by atoms with Crippen LogP contribution >= 0.6 is 12.4 Å². The van der Waals surface area contributed by atoms with Crippen LogP contribution in [0.25, 0.3) is 0 Å². The Bertz CT molecular complexity index is 684. The molecule has 2 atom stereocenters. The molecule has 10 heteroatoms. The Labute approximate surface area is 137 Å². The van der Waals surface area contributed by atoms with Crippen LogP contribution in [0.4, 0.5) is 17.6 Å². The third-order valence-electron chi connectivity index (χ3n) is 4.24. The van der Waals surface area contributed by atoms with Crippen LogP contribution in [-0.4, -0.2) is 38.9 Å². The van der Waals surface area contributed by atoms with E-state index in [9.17, 15) is 26.0 Å². The zero-order valence-corrected chi connectivity index (χ0v) is 13.4. The van der Waals surface area contributed by atoms with E-state index in [-0.39, 0.29) is 37.3 Å². The summed E-state index contributed by atoms with van der Waals surface area (Å²) in [6.45, 7) is 1.96. The predicted octanol–water partition coefficient (Wildman–Crippen LogP) is 2.11. The second-order valence-electron chi connectivity index (χ2n) is 5.64. The van der Waals surface area contributed by atoms with Crippen LogP contribution in [0.15, 0.2) is 23.1 Å². The maximum Gasteiger partial charge on any atom is 0.419 e. The van der Waals surface area contributed by atoms with Gasteiger partial charge in [-0.2, -0.15) is 17.5 Å². The molecular weight excluding hydrogens is 360 g/mol. The number of nitrogens with one attached hydrogen (secondary N) is 1. The minimum atomic E-state index is -4.93. The molecule has 0 aromatic heterocycles. The van der Waals surface area contributed by atoms with Gasteiger partial charge in [0.25, 0.3) is 0 Å². The van der Waals surface area contributed by atoms with Crippen molar-refractivity contribution in [2.24, 2.45) is 11.8 Å². The van der Waals surface area contributed by atoms with E-state index < -0.39 is 32.5 Å². The van der Waals surface area contributed by atoms with Gasteiger partial charge in [0, 0.05) is 13.1 Å². The summed E-state index contributed by atoms with van der Waals surface area (Å²) in [5.74, 6) is -1.12. The number of benzene rings is 1. The van der Waals surface area contributed by atoms with Gasteiger partial charge in [-0.25, -0.2) is 12.8 Å². The van der Waals surface area contributed by atoms with E-state index in [0.717, 1.165) is 6.07 Å². The van der Waals surface area contributed by atoms with Crippen LogP contribution in [0.1, 0.15) is 5.56 Å². The summed E-state index contributed by atoms with van der Waals surface area (Å²) >= 11 is 0. The Hall–Kier alpha value is -0.900. The molecule has 2 heterocycles. The molecule has 130 valence electrons. The maximum atomic E-state index is 13.3. The van der Waals surface area contributed by atoms with Crippen molar-refractivity contribution in [1.29, 1.82) is 0 Å². The lowest BCUT2D eigenvalue weighted by Gasteiger charge is -2.18. The molecule has 0 radical (unpaired) electrons. The van der Waals surface area contributed by atoms with Crippen molar-refractivity contribution in [3.63, 3.8) is 0 Å². The van der Waals surface area contributed by atoms with Gasteiger partial charge in [-0.3, -0.25) is 0 Å². The molecule has 1 aromatic rings. The lowest BCUT2D eigenvalue weighted by molar-refractivity contribution is -0.140. The smallest absolute Gasteiger partial charge is 0.316 e. The number of alkyl halides is 3. The van der Waals surface area contributed by atoms with Gasteiger partial charge < -0.3 is 5.32 Å². The average Bonchev–Trinajstić information content (AvgIpc) is 2.98. The Morgan fingerprint density at radius 3 is 2.22 bits per heavy atom. The molecule has 0 bridgehead atoms. The maximum absolute atomic E-state index is 13.3. The first-order valence-electron chi connectivity index (χ1n) is 6.77. The molecule has 3 rings (SSSR count). The van der Waals surface area contributed by atoms with Gasteiger partial charge >= 0.3 is 6.18 Å². The fourth-order valence-electron chi connectivity index (χ4n) is 3.04. The number of halogens is 5. The first-order chi connectivity index (χ1) is 10.2. The van der Waals surface area contributed by atoms with E-state index in [1.54, 1.807) is 0 Å². The number of rotatable bonds is 2. The van der Waals surface area contributed by atoms with E-state index in [0.29, 0.717) is 25.2 Å².